The van der Waals surface area contributed by atoms with Crippen molar-refractivity contribution in [1.82, 2.24) is 4.57 Å². The Labute approximate surface area is 216 Å². The van der Waals surface area contributed by atoms with E-state index in [1.807, 2.05) is 78.9 Å². The van der Waals surface area contributed by atoms with E-state index in [-0.39, 0.29) is 19.0 Å². The van der Waals surface area contributed by atoms with Crippen molar-refractivity contribution < 1.29 is 19.0 Å². The first kappa shape index (κ1) is 23.0. The molecule has 0 amide bonds. The summed E-state index contributed by atoms with van der Waals surface area (Å²) < 4.78 is 18.7. The van der Waals surface area contributed by atoms with Gasteiger partial charge < -0.3 is 14.2 Å². The predicted octanol–water partition coefficient (Wildman–Crippen LogP) is 3.66. The fourth-order valence-corrected chi connectivity index (χ4v) is 5.54. The first-order chi connectivity index (χ1) is 18.1. The lowest BCUT2D eigenvalue weighted by Crippen LogP contribution is -2.40. The van der Waals surface area contributed by atoms with E-state index in [2.05, 4.69) is 0 Å². The molecule has 0 aliphatic carbocycles. The highest BCUT2D eigenvalue weighted by molar-refractivity contribution is 7.07. The number of aromatic nitrogens is 1. The number of hydrogen-bond donors (Lipinski definition) is 0. The predicted molar refractivity (Wildman–Crippen MR) is 140 cm³/mol. The number of hydrogen-bond acceptors (Lipinski definition) is 7. The summed E-state index contributed by atoms with van der Waals surface area (Å²) in [5.74, 6) is 0.653. The van der Waals surface area contributed by atoms with Crippen LogP contribution in [0.4, 0.5) is 0 Å². The summed E-state index contributed by atoms with van der Waals surface area (Å²) in [6, 6.07) is 23.8. The molecule has 0 bridgehead atoms. The molecular formula is C29H22N2O5S. The third-order valence-corrected chi connectivity index (χ3v) is 7.17. The van der Waals surface area contributed by atoms with Gasteiger partial charge in [0.05, 0.1) is 28.5 Å². The van der Waals surface area contributed by atoms with Gasteiger partial charge in [-0.05, 0) is 36.3 Å². The van der Waals surface area contributed by atoms with E-state index < -0.39 is 12.0 Å². The van der Waals surface area contributed by atoms with E-state index in [1.165, 1.54) is 11.3 Å². The standard InChI is InChI=1S/C29H22N2O5S/c1-2-34-28(33)24-25(19-11-7-4-8-12-19)30-29-31(26(24)20-13-14-21-22(16-20)36-17-35-21)27(32)23(37-29)15-18-9-5-3-6-10-18/h3-16,26H,2,17H2,1H3/b23-15+/t26-/m1/s1. The second kappa shape index (κ2) is 9.55. The van der Waals surface area contributed by atoms with Crippen molar-refractivity contribution in [3.05, 3.63) is 121 Å². The highest BCUT2D eigenvalue weighted by atomic mass is 32.1. The zero-order valence-electron chi connectivity index (χ0n) is 19.9. The molecule has 0 N–H and O–H groups in total. The van der Waals surface area contributed by atoms with Crippen LogP contribution in [0.1, 0.15) is 29.7 Å². The van der Waals surface area contributed by atoms with Crippen LogP contribution in [-0.2, 0) is 9.53 Å². The Kier molecular flexibility index (Phi) is 5.94. The lowest BCUT2D eigenvalue weighted by Gasteiger charge is -2.26. The molecule has 3 heterocycles. The number of esters is 1. The number of thiazole rings is 1. The summed E-state index contributed by atoms with van der Waals surface area (Å²) in [6.07, 6.45) is 1.84. The van der Waals surface area contributed by atoms with Gasteiger partial charge in [-0.3, -0.25) is 9.36 Å². The van der Waals surface area contributed by atoms with Crippen molar-refractivity contribution in [2.24, 2.45) is 4.99 Å². The SMILES string of the molecule is CCOC(=O)C1=C(c2ccccc2)N=c2s/c(=C/c3ccccc3)c(=O)n2[C@@H]1c1ccc2c(c1)OCO2. The van der Waals surface area contributed by atoms with Gasteiger partial charge in [-0.15, -0.1) is 0 Å². The Bertz CT molecular complexity index is 1700. The van der Waals surface area contributed by atoms with Gasteiger partial charge in [0.1, 0.15) is 0 Å². The molecule has 7 nitrogen and oxygen atoms in total. The first-order valence-corrected chi connectivity index (χ1v) is 12.7. The Morgan fingerprint density at radius 1 is 1.05 bits per heavy atom. The molecule has 2 aliphatic rings. The minimum absolute atomic E-state index is 0.120. The fraction of sp³-hybridized carbons (Fsp3) is 0.138. The summed E-state index contributed by atoms with van der Waals surface area (Å²) in [7, 11) is 0. The summed E-state index contributed by atoms with van der Waals surface area (Å²) >= 11 is 1.29. The molecule has 1 aromatic heterocycles. The van der Waals surface area contributed by atoms with Gasteiger partial charge in [0.25, 0.3) is 5.56 Å². The maximum absolute atomic E-state index is 13.9. The third-order valence-electron chi connectivity index (χ3n) is 6.18. The monoisotopic (exact) mass is 510 g/mol. The van der Waals surface area contributed by atoms with E-state index >= 15 is 0 Å². The smallest absolute Gasteiger partial charge is 0.338 e. The topological polar surface area (TPSA) is 79.1 Å². The Morgan fingerprint density at radius 3 is 2.54 bits per heavy atom. The van der Waals surface area contributed by atoms with Crippen LogP contribution in [0.5, 0.6) is 11.5 Å². The maximum Gasteiger partial charge on any atom is 0.338 e. The average Bonchev–Trinajstić information content (AvgIpc) is 3.52. The zero-order chi connectivity index (χ0) is 25.4. The zero-order valence-corrected chi connectivity index (χ0v) is 20.7. The molecule has 0 fully saturated rings. The molecule has 2 aliphatic heterocycles. The van der Waals surface area contributed by atoms with Crippen molar-refractivity contribution >= 4 is 29.1 Å². The highest BCUT2D eigenvalue weighted by Crippen LogP contribution is 2.39. The van der Waals surface area contributed by atoms with Crippen LogP contribution in [0, 0.1) is 0 Å². The molecule has 6 rings (SSSR count). The van der Waals surface area contributed by atoms with Crippen molar-refractivity contribution in [3.63, 3.8) is 0 Å². The van der Waals surface area contributed by atoms with Crippen LogP contribution >= 0.6 is 11.3 Å². The minimum atomic E-state index is -0.766. The molecule has 0 unspecified atom stereocenters. The van der Waals surface area contributed by atoms with Gasteiger partial charge in [0, 0.05) is 5.56 Å². The largest absolute Gasteiger partial charge is 0.463 e. The molecular weight excluding hydrogens is 488 g/mol. The second-order valence-electron chi connectivity index (χ2n) is 8.45. The van der Waals surface area contributed by atoms with Crippen molar-refractivity contribution in [2.75, 3.05) is 13.4 Å². The highest BCUT2D eigenvalue weighted by Gasteiger charge is 2.36. The van der Waals surface area contributed by atoms with Gasteiger partial charge in [-0.25, -0.2) is 9.79 Å². The summed E-state index contributed by atoms with van der Waals surface area (Å²) in [6.45, 7) is 2.07. The van der Waals surface area contributed by atoms with Crippen LogP contribution < -0.4 is 24.4 Å². The van der Waals surface area contributed by atoms with Gasteiger partial charge in [-0.2, -0.15) is 0 Å². The molecule has 0 saturated carbocycles. The Hall–Kier alpha value is -4.43. The van der Waals surface area contributed by atoms with Gasteiger partial charge in [-0.1, -0.05) is 78.1 Å². The molecule has 0 saturated heterocycles. The van der Waals surface area contributed by atoms with Crippen molar-refractivity contribution in [1.29, 1.82) is 0 Å². The van der Waals surface area contributed by atoms with Crippen LogP contribution in [0.25, 0.3) is 11.8 Å². The molecule has 8 heteroatoms. The second-order valence-corrected chi connectivity index (χ2v) is 9.46. The van der Waals surface area contributed by atoms with Crippen LogP contribution in [0.3, 0.4) is 0 Å². The Morgan fingerprint density at radius 2 is 1.78 bits per heavy atom. The number of rotatable bonds is 5. The lowest BCUT2D eigenvalue weighted by atomic mass is 9.93. The van der Waals surface area contributed by atoms with Crippen molar-refractivity contribution in [3.8, 4) is 11.5 Å². The molecule has 37 heavy (non-hydrogen) atoms. The van der Waals surface area contributed by atoms with Gasteiger partial charge in [0.15, 0.2) is 16.3 Å². The number of nitrogens with zero attached hydrogens (tertiary/aromatic N) is 2. The normalized spacial score (nSPS) is 16.4. The van der Waals surface area contributed by atoms with Gasteiger partial charge >= 0.3 is 5.97 Å². The third kappa shape index (κ3) is 4.15. The van der Waals surface area contributed by atoms with Crippen LogP contribution in [0.15, 0.2) is 94.2 Å². The molecule has 4 aromatic rings. The van der Waals surface area contributed by atoms with E-state index in [1.54, 1.807) is 17.6 Å². The molecule has 1 atom stereocenters. The maximum atomic E-state index is 13.9. The van der Waals surface area contributed by atoms with E-state index in [9.17, 15) is 9.59 Å². The molecule has 3 aromatic carbocycles. The molecule has 184 valence electrons. The quantitative estimate of drug-likeness (QED) is 0.383. The number of fused-ring (bicyclic) bond motifs is 2. The number of carbonyl (C=O) groups is 1. The van der Waals surface area contributed by atoms with E-state index in [0.29, 0.717) is 37.7 Å². The Balaban J connectivity index is 1.66. The summed E-state index contributed by atoms with van der Waals surface area (Å²) in [5, 5.41) is 0. The lowest BCUT2D eigenvalue weighted by molar-refractivity contribution is -0.138. The number of carbonyl (C=O) groups excluding carboxylic acids is 1. The fourth-order valence-electron chi connectivity index (χ4n) is 4.54. The van der Waals surface area contributed by atoms with Crippen LogP contribution in [0.2, 0.25) is 0 Å². The van der Waals surface area contributed by atoms with Crippen molar-refractivity contribution in [2.45, 2.75) is 13.0 Å². The van der Waals surface area contributed by atoms with Crippen LogP contribution in [-0.4, -0.2) is 23.9 Å². The first-order valence-electron chi connectivity index (χ1n) is 11.9. The average molecular weight is 511 g/mol. The van der Waals surface area contributed by atoms with E-state index in [0.717, 1.165) is 11.1 Å². The summed E-state index contributed by atoms with van der Waals surface area (Å²) in [4.78, 5) is 32.7. The molecule has 0 radical (unpaired) electrons. The summed E-state index contributed by atoms with van der Waals surface area (Å²) in [5.41, 5.74) is 2.91. The molecule has 0 spiro atoms. The minimum Gasteiger partial charge on any atom is -0.463 e. The van der Waals surface area contributed by atoms with E-state index in [4.69, 9.17) is 19.2 Å². The number of ether oxygens (including phenoxy) is 3. The van der Waals surface area contributed by atoms with Gasteiger partial charge in [0.2, 0.25) is 6.79 Å². The number of benzene rings is 3.